The highest BCUT2D eigenvalue weighted by Crippen LogP contribution is 2.16. The first-order valence-electron chi connectivity index (χ1n) is 4.94. The Morgan fingerprint density at radius 1 is 1.29 bits per heavy atom. The molecule has 0 aliphatic carbocycles. The topological polar surface area (TPSA) is 20.3 Å². The number of carbonyl (C=O) groups excluding carboxylic acids is 1. The van der Waals surface area contributed by atoms with E-state index in [0.717, 1.165) is 12.1 Å². The first-order valence-corrected chi connectivity index (χ1v) is 6.06. The number of nitrogens with zero attached hydrogens (tertiary/aromatic N) is 1. The Kier molecular flexibility index (Phi) is 4.99. The van der Waals surface area contributed by atoms with Crippen LogP contribution < -0.4 is 0 Å². The normalized spacial score (nSPS) is 10.4. The number of amides is 1. The largest absolute Gasteiger partial charge is 0.342 e. The maximum absolute atomic E-state index is 13.3. The highest BCUT2D eigenvalue weighted by atomic mass is 79.9. The highest BCUT2D eigenvalue weighted by molar-refractivity contribution is 9.09. The predicted molar refractivity (Wildman–Crippen MR) is 61.7 cm³/mol. The van der Waals surface area contributed by atoms with E-state index in [0.29, 0.717) is 18.3 Å². The van der Waals surface area contributed by atoms with Gasteiger partial charge in [-0.2, -0.15) is 0 Å². The Morgan fingerprint density at radius 3 is 2.53 bits per heavy atom. The third-order valence-electron chi connectivity index (χ3n) is 2.24. The van der Waals surface area contributed by atoms with Crippen LogP contribution in [0.2, 0.25) is 0 Å². The first kappa shape index (κ1) is 14.0. The molecule has 0 aromatic heterocycles. The van der Waals surface area contributed by atoms with Gasteiger partial charge in [-0.05, 0) is 18.6 Å². The van der Waals surface area contributed by atoms with E-state index < -0.39 is 28.9 Å². The fraction of sp³-hybridized carbons (Fsp3) is 0.364. The smallest absolute Gasteiger partial charge is 0.256 e. The molecule has 0 aliphatic rings. The van der Waals surface area contributed by atoms with Crippen LogP contribution in [0.25, 0.3) is 0 Å². The van der Waals surface area contributed by atoms with Crippen molar-refractivity contribution in [1.29, 1.82) is 0 Å². The van der Waals surface area contributed by atoms with Crippen LogP contribution in [-0.2, 0) is 0 Å². The van der Waals surface area contributed by atoms with Crippen molar-refractivity contribution < 1.29 is 18.0 Å². The molecule has 0 N–H and O–H groups in total. The lowest BCUT2D eigenvalue weighted by molar-refractivity contribution is 0.0789. The van der Waals surface area contributed by atoms with Crippen molar-refractivity contribution in [2.75, 3.05) is 18.9 Å². The second-order valence-corrected chi connectivity index (χ2v) is 4.29. The van der Waals surface area contributed by atoms with Crippen LogP contribution in [0.15, 0.2) is 12.1 Å². The van der Waals surface area contributed by atoms with Crippen molar-refractivity contribution in [3.05, 3.63) is 35.1 Å². The molecule has 2 nitrogen and oxygen atoms in total. The molecule has 6 heteroatoms. The lowest BCUT2D eigenvalue weighted by Gasteiger charge is -2.17. The van der Waals surface area contributed by atoms with E-state index in [4.69, 9.17) is 0 Å². The zero-order chi connectivity index (χ0) is 13.0. The molecule has 0 fully saturated rings. The zero-order valence-electron chi connectivity index (χ0n) is 9.14. The zero-order valence-corrected chi connectivity index (χ0v) is 10.7. The molecule has 1 amide bonds. The number of rotatable bonds is 4. The summed E-state index contributed by atoms with van der Waals surface area (Å²) < 4.78 is 38.9. The molecule has 0 saturated heterocycles. The van der Waals surface area contributed by atoms with Crippen molar-refractivity contribution >= 4 is 21.8 Å². The average Bonchev–Trinajstić information content (AvgIpc) is 2.32. The fourth-order valence-corrected chi connectivity index (χ4v) is 1.55. The maximum atomic E-state index is 13.3. The van der Waals surface area contributed by atoms with Crippen LogP contribution in [-0.4, -0.2) is 29.7 Å². The van der Waals surface area contributed by atoms with Gasteiger partial charge in [0.2, 0.25) is 0 Å². The number of benzene rings is 1. The van der Waals surface area contributed by atoms with E-state index in [1.165, 1.54) is 11.9 Å². The van der Waals surface area contributed by atoms with Gasteiger partial charge in [0.15, 0.2) is 17.5 Å². The SMILES string of the molecule is CN(CCCBr)C(=O)c1ccc(F)c(F)c1F. The Bertz CT molecular complexity index is 425. The van der Waals surface area contributed by atoms with Gasteiger partial charge in [0.1, 0.15) is 0 Å². The molecule has 94 valence electrons. The second kappa shape index (κ2) is 6.05. The summed E-state index contributed by atoms with van der Waals surface area (Å²) in [6.45, 7) is 0.405. The molecule has 1 rings (SSSR count). The van der Waals surface area contributed by atoms with E-state index in [-0.39, 0.29) is 0 Å². The van der Waals surface area contributed by atoms with Gasteiger partial charge in [-0.25, -0.2) is 13.2 Å². The van der Waals surface area contributed by atoms with Gasteiger partial charge >= 0.3 is 0 Å². The summed E-state index contributed by atoms with van der Waals surface area (Å²) in [7, 11) is 1.48. The third kappa shape index (κ3) is 3.21. The quantitative estimate of drug-likeness (QED) is 0.618. The molecule has 0 radical (unpaired) electrons. The van der Waals surface area contributed by atoms with E-state index >= 15 is 0 Å². The standard InChI is InChI=1S/C11H11BrF3NO/c1-16(6-2-5-12)11(17)7-3-4-8(13)10(15)9(7)14/h3-4H,2,5-6H2,1H3. The molecule has 1 aromatic carbocycles. The van der Waals surface area contributed by atoms with Crippen molar-refractivity contribution in [2.45, 2.75) is 6.42 Å². The molecule has 0 spiro atoms. The fourth-order valence-electron chi connectivity index (χ4n) is 1.30. The number of halogens is 4. The van der Waals surface area contributed by atoms with Crippen LogP contribution in [0, 0.1) is 17.5 Å². The van der Waals surface area contributed by atoms with Crippen molar-refractivity contribution in [1.82, 2.24) is 4.90 Å². The summed E-state index contributed by atoms with van der Waals surface area (Å²) >= 11 is 3.20. The van der Waals surface area contributed by atoms with E-state index in [1.807, 2.05) is 0 Å². The maximum Gasteiger partial charge on any atom is 0.256 e. The summed E-state index contributed by atoms with van der Waals surface area (Å²) in [5.74, 6) is -5.03. The second-order valence-electron chi connectivity index (χ2n) is 3.49. The van der Waals surface area contributed by atoms with E-state index in [1.54, 1.807) is 0 Å². The minimum Gasteiger partial charge on any atom is -0.342 e. The molecule has 0 atom stereocenters. The number of carbonyl (C=O) groups is 1. The summed E-state index contributed by atoms with van der Waals surface area (Å²) in [5.41, 5.74) is -0.457. The molecule has 0 bridgehead atoms. The number of alkyl halides is 1. The van der Waals surface area contributed by atoms with Gasteiger partial charge in [0.25, 0.3) is 5.91 Å². The average molecular weight is 310 g/mol. The number of hydrogen-bond acceptors (Lipinski definition) is 1. The van der Waals surface area contributed by atoms with Gasteiger partial charge in [-0.3, -0.25) is 4.79 Å². The van der Waals surface area contributed by atoms with Gasteiger partial charge in [-0.1, -0.05) is 15.9 Å². The molecule has 1 aromatic rings. The Morgan fingerprint density at radius 2 is 1.94 bits per heavy atom. The Balaban J connectivity index is 2.93. The van der Waals surface area contributed by atoms with Crippen molar-refractivity contribution in [2.24, 2.45) is 0 Å². The van der Waals surface area contributed by atoms with Crippen LogP contribution in [0.4, 0.5) is 13.2 Å². The summed E-state index contributed by atoms with van der Waals surface area (Å²) in [4.78, 5) is 13.0. The molecule has 17 heavy (non-hydrogen) atoms. The third-order valence-corrected chi connectivity index (χ3v) is 2.80. The van der Waals surface area contributed by atoms with Crippen LogP contribution in [0.1, 0.15) is 16.8 Å². The molecule has 0 aliphatic heterocycles. The lowest BCUT2D eigenvalue weighted by atomic mass is 10.1. The van der Waals surface area contributed by atoms with Gasteiger partial charge in [-0.15, -0.1) is 0 Å². The number of hydrogen-bond donors (Lipinski definition) is 0. The van der Waals surface area contributed by atoms with Gasteiger partial charge in [0.05, 0.1) is 5.56 Å². The van der Waals surface area contributed by atoms with Crippen LogP contribution in [0.5, 0.6) is 0 Å². The van der Waals surface area contributed by atoms with Crippen LogP contribution >= 0.6 is 15.9 Å². The Labute approximate surface area is 106 Å². The van der Waals surface area contributed by atoms with E-state index in [2.05, 4.69) is 15.9 Å². The van der Waals surface area contributed by atoms with Gasteiger partial charge in [0, 0.05) is 18.9 Å². The minimum absolute atomic E-state index is 0.405. The summed E-state index contributed by atoms with van der Waals surface area (Å²) in [5, 5.41) is 0.699. The molecule has 0 heterocycles. The molecular formula is C11H11BrF3NO. The monoisotopic (exact) mass is 309 g/mol. The Hall–Kier alpha value is -1.04. The van der Waals surface area contributed by atoms with E-state index in [9.17, 15) is 18.0 Å². The van der Waals surface area contributed by atoms with Crippen LogP contribution in [0.3, 0.4) is 0 Å². The predicted octanol–water partition coefficient (Wildman–Crippen LogP) is 2.96. The lowest BCUT2D eigenvalue weighted by Crippen LogP contribution is -2.29. The van der Waals surface area contributed by atoms with Gasteiger partial charge < -0.3 is 4.90 Å². The summed E-state index contributed by atoms with van der Waals surface area (Å²) in [6.07, 6.45) is 0.688. The van der Waals surface area contributed by atoms with Crippen molar-refractivity contribution in [3.8, 4) is 0 Å². The summed E-state index contributed by atoms with van der Waals surface area (Å²) in [6, 6.07) is 1.69. The molecular weight excluding hydrogens is 299 g/mol. The molecule has 0 unspecified atom stereocenters. The highest BCUT2D eigenvalue weighted by Gasteiger charge is 2.20. The molecule has 0 saturated carbocycles. The first-order chi connectivity index (χ1) is 7.99. The van der Waals surface area contributed by atoms with Crippen molar-refractivity contribution in [3.63, 3.8) is 0 Å². The minimum atomic E-state index is -1.62.